The Morgan fingerprint density at radius 1 is 1.53 bits per heavy atom. The SMILES string of the molecule is COCCC(C)Nc1cc([N+](=O)[O-])ccc1C. The Hall–Kier alpha value is -1.62. The molecule has 0 aromatic heterocycles. The van der Waals surface area contributed by atoms with Crippen LogP contribution in [-0.2, 0) is 4.74 Å². The zero-order chi connectivity index (χ0) is 12.8. The molecule has 1 aromatic carbocycles. The number of nitrogens with zero attached hydrogens (tertiary/aromatic N) is 1. The second-order valence-electron chi connectivity index (χ2n) is 4.08. The molecule has 1 N–H and O–H groups in total. The van der Waals surface area contributed by atoms with Gasteiger partial charge in [0.15, 0.2) is 0 Å². The van der Waals surface area contributed by atoms with Gasteiger partial charge in [0.25, 0.3) is 5.69 Å². The van der Waals surface area contributed by atoms with Crippen LogP contribution in [0.3, 0.4) is 0 Å². The lowest BCUT2D eigenvalue weighted by Crippen LogP contribution is -2.17. The Kier molecular flexibility index (Phi) is 4.90. The van der Waals surface area contributed by atoms with Crippen molar-refractivity contribution in [3.05, 3.63) is 33.9 Å². The summed E-state index contributed by atoms with van der Waals surface area (Å²) in [6, 6.07) is 5.05. The summed E-state index contributed by atoms with van der Waals surface area (Å²) in [6.45, 7) is 4.62. The molecule has 5 nitrogen and oxygen atoms in total. The van der Waals surface area contributed by atoms with Crippen LogP contribution in [0.5, 0.6) is 0 Å². The van der Waals surface area contributed by atoms with Crippen LogP contribution >= 0.6 is 0 Å². The van der Waals surface area contributed by atoms with Gasteiger partial charge in [-0.05, 0) is 25.8 Å². The van der Waals surface area contributed by atoms with Crippen molar-refractivity contribution in [3.8, 4) is 0 Å². The van der Waals surface area contributed by atoms with Crippen LogP contribution in [0.15, 0.2) is 18.2 Å². The summed E-state index contributed by atoms with van der Waals surface area (Å²) < 4.78 is 4.99. The lowest BCUT2D eigenvalue weighted by Gasteiger charge is -2.16. The van der Waals surface area contributed by atoms with E-state index in [0.717, 1.165) is 17.7 Å². The van der Waals surface area contributed by atoms with Gasteiger partial charge in [-0.25, -0.2) is 0 Å². The molecule has 0 aliphatic heterocycles. The third-order valence-electron chi connectivity index (χ3n) is 2.59. The lowest BCUT2D eigenvalue weighted by atomic mass is 10.1. The van der Waals surface area contributed by atoms with E-state index in [0.29, 0.717) is 6.61 Å². The van der Waals surface area contributed by atoms with E-state index in [2.05, 4.69) is 5.32 Å². The number of aryl methyl sites for hydroxylation is 1. The number of hydrogen-bond acceptors (Lipinski definition) is 4. The van der Waals surface area contributed by atoms with E-state index in [1.165, 1.54) is 6.07 Å². The second kappa shape index (κ2) is 6.20. The molecule has 0 aliphatic carbocycles. The zero-order valence-corrected chi connectivity index (χ0v) is 10.4. The van der Waals surface area contributed by atoms with Gasteiger partial charge in [0.2, 0.25) is 0 Å². The highest BCUT2D eigenvalue weighted by Gasteiger charge is 2.10. The molecule has 0 saturated carbocycles. The molecule has 0 spiro atoms. The van der Waals surface area contributed by atoms with E-state index in [1.807, 2.05) is 13.8 Å². The van der Waals surface area contributed by atoms with Crippen molar-refractivity contribution in [1.29, 1.82) is 0 Å². The number of nitro groups is 1. The van der Waals surface area contributed by atoms with Gasteiger partial charge in [0.1, 0.15) is 0 Å². The molecule has 1 atom stereocenters. The summed E-state index contributed by atoms with van der Waals surface area (Å²) in [4.78, 5) is 10.3. The fourth-order valence-electron chi connectivity index (χ4n) is 1.51. The summed E-state index contributed by atoms with van der Waals surface area (Å²) in [6.07, 6.45) is 0.860. The highest BCUT2D eigenvalue weighted by Crippen LogP contribution is 2.22. The summed E-state index contributed by atoms with van der Waals surface area (Å²) in [5.41, 5.74) is 1.92. The summed E-state index contributed by atoms with van der Waals surface area (Å²) in [5, 5.41) is 13.9. The highest BCUT2D eigenvalue weighted by atomic mass is 16.6. The van der Waals surface area contributed by atoms with Crippen LogP contribution < -0.4 is 5.32 Å². The molecule has 0 aliphatic rings. The van der Waals surface area contributed by atoms with Gasteiger partial charge in [-0.1, -0.05) is 6.07 Å². The summed E-state index contributed by atoms with van der Waals surface area (Å²) >= 11 is 0. The van der Waals surface area contributed by atoms with Crippen LogP contribution in [-0.4, -0.2) is 24.7 Å². The molecule has 1 aromatic rings. The van der Waals surface area contributed by atoms with Crippen LogP contribution in [0, 0.1) is 17.0 Å². The Morgan fingerprint density at radius 2 is 2.24 bits per heavy atom. The standard InChI is InChI=1S/C12H18N2O3/c1-9-4-5-11(14(15)16)8-12(9)13-10(2)6-7-17-3/h4-5,8,10,13H,6-7H2,1-3H3. The molecule has 0 saturated heterocycles. The van der Waals surface area contributed by atoms with Crippen molar-refractivity contribution in [2.75, 3.05) is 19.0 Å². The van der Waals surface area contributed by atoms with Crippen LogP contribution in [0.2, 0.25) is 0 Å². The van der Waals surface area contributed by atoms with Crippen molar-refractivity contribution in [2.24, 2.45) is 0 Å². The minimum atomic E-state index is -0.384. The summed E-state index contributed by atoms with van der Waals surface area (Å²) in [7, 11) is 1.66. The molecule has 1 rings (SSSR count). The van der Waals surface area contributed by atoms with E-state index in [4.69, 9.17) is 4.74 Å². The molecule has 0 fully saturated rings. The van der Waals surface area contributed by atoms with Crippen molar-refractivity contribution in [2.45, 2.75) is 26.3 Å². The van der Waals surface area contributed by atoms with Crippen LogP contribution in [0.4, 0.5) is 11.4 Å². The molecule has 94 valence electrons. The molecule has 0 bridgehead atoms. The number of rotatable bonds is 6. The monoisotopic (exact) mass is 238 g/mol. The molecule has 5 heteroatoms. The largest absolute Gasteiger partial charge is 0.385 e. The predicted molar refractivity (Wildman–Crippen MR) is 67.4 cm³/mol. The molecular weight excluding hydrogens is 220 g/mol. The van der Waals surface area contributed by atoms with Crippen molar-refractivity contribution >= 4 is 11.4 Å². The normalized spacial score (nSPS) is 12.2. The Morgan fingerprint density at radius 3 is 2.82 bits per heavy atom. The molecule has 0 amide bonds. The number of benzene rings is 1. The van der Waals surface area contributed by atoms with Gasteiger partial charge in [0.05, 0.1) is 4.92 Å². The van der Waals surface area contributed by atoms with Gasteiger partial charge in [-0.3, -0.25) is 10.1 Å². The van der Waals surface area contributed by atoms with Gasteiger partial charge in [-0.15, -0.1) is 0 Å². The Balaban J connectivity index is 2.75. The maximum Gasteiger partial charge on any atom is 0.271 e. The molecule has 0 heterocycles. The number of non-ortho nitro benzene ring substituents is 1. The van der Waals surface area contributed by atoms with E-state index in [1.54, 1.807) is 19.2 Å². The van der Waals surface area contributed by atoms with E-state index < -0.39 is 0 Å². The second-order valence-corrected chi connectivity index (χ2v) is 4.08. The highest BCUT2D eigenvalue weighted by molar-refractivity contribution is 5.57. The molecular formula is C12H18N2O3. The molecule has 17 heavy (non-hydrogen) atoms. The van der Waals surface area contributed by atoms with E-state index in [9.17, 15) is 10.1 Å². The number of hydrogen-bond donors (Lipinski definition) is 1. The fourth-order valence-corrected chi connectivity index (χ4v) is 1.51. The third kappa shape index (κ3) is 4.03. The average Bonchev–Trinajstić information content (AvgIpc) is 2.29. The zero-order valence-electron chi connectivity index (χ0n) is 10.4. The quantitative estimate of drug-likeness (QED) is 0.611. The van der Waals surface area contributed by atoms with Crippen molar-refractivity contribution < 1.29 is 9.66 Å². The van der Waals surface area contributed by atoms with Crippen molar-refractivity contribution in [3.63, 3.8) is 0 Å². The van der Waals surface area contributed by atoms with E-state index in [-0.39, 0.29) is 16.7 Å². The smallest absolute Gasteiger partial charge is 0.271 e. The number of nitrogens with one attached hydrogen (secondary N) is 1. The average molecular weight is 238 g/mol. The van der Waals surface area contributed by atoms with Gasteiger partial charge in [0, 0.05) is 37.6 Å². The first kappa shape index (κ1) is 13.4. The minimum absolute atomic E-state index is 0.108. The van der Waals surface area contributed by atoms with E-state index >= 15 is 0 Å². The van der Waals surface area contributed by atoms with Gasteiger partial charge < -0.3 is 10.1 Å². The predicted octanol–water partition coefficient (Wildman–Crippen LogP) is 2.74. The minimum Gasteiger partial charge on any atom is -0.385 e. The lowest BCUT2D eigenvalue weighted by molar-refractivity contribution is -0.384. The Labute approximate surface area is 101 Å². The summed E-state index contributed by atoms with van der Waals surface area (Å²) in [5.74, 6) is 0. The molecule has 1 unspecified atom stereocenters. The molecule has 0 radical (unpaired) electrons. The number of ether oxygens (including phenoxy) is 1. The van der Waals surface area contributed by atoms with Crippen LogP contribution in [0.25, 0.3) is 0 Å². The topological polar surface area (TPSA) is 64.4 Å². The first-order valence-electron chi connectivity index (χ1n) is 5.55. The van der Waals surface area contributed by atoms with Gasteiger partial charge in [-0.2, -0.15) is 0 Å². The van der Waals surface area contributed by atoms with Gasteiger partial charge >= 0.3 is 0 Å². The first-order valence-corrected chi connectivity index (χ1v) is 5.55. The number of nitro benzene ring substituents is 1. The Bertz CT molecular complexity index is 393. The fraction of sp³-hybridized carbons (Fsp3) is 0.500. The third-order valence-corrected chi connectivity index (χ3v) is 2.59. The van der Waals surface area contributed by atoms with Crippen molar-refractivity contribution in [1.82, 2.24) is 0 Å². The number of anilines is 1. The maximum atomic E-state index is 10.7. The number of methoxy groups -OCH3 is 1. The first-order chi connectivity index (χ1) is 8.04. The maximum absolute atomic E-state index is 10.7. The van der Waals surface area contributed by atoms with Crippen LogP contribution in [0.1, 0.15) is 18.9 Å².